The van der Waals surface area contributed by atoms with Crippen molar-refractivity contribution in [2.75, 3.05) is 26.4 Å². The van der Waals surface area contributed by atoms with E-state index in [1.165, 1.54) is 200 Å². The molecule has 0 N–H and O–H groups in total. The van der Waals surface area contributed by atoms with Gasteiger partial charge >= 0.3 is 0 Å². The Bertz CT molecular complexity index is 4440. The summed E-state index contributed by atoms with van der Waals surface area (Å²) >= 11 is 0. The number of benzene rings is 10. The molecule has 3 aliphatic rings. The standard InChI is InChI=1S/C106H120O6/c1-5-9-13-17-21-29-67-109-103-75-99(93-41-33-37-85-35-25-27-39-91(85)93)105(111-69-31-23-19-15-11-7-3)73-97(103)89-63-55-83(56-64-89)79-47-43-77(44-48-79)81-51-59-87(60-52-81)95-71-102(108)96(72-101(95)107)88-61-53-82(54-62-88)78-45-49-80(50-46-78)84-57-65-90(66-58-84)98-74-106(112-70-32-24-20-16-12-8-4)100(76-104(98)110-68-30-22-18-14-10-6-2)94-42-34-38-86-36-26-28-40-92(86)94/h33-34,37-38,41-66,71-76H,5-32,35-36,39-40,67-70H2,1-4H3. The minimum absolute atomic E-state index is 0.184. The van der Waals surface area contributed by atoms with Gasteiger partial charge < -0.3 is 18.9 Å². The van der Waals surface area contributed by atoms with E-state index in [-0.39, 0.29) is 11.6 Å². The number of hydrogen-bond acceptors (Lipinski definition) is 6. The van der Waals surface area contributed by atoms with Gasteiger partial charge in [0, 0.05) is 33.4 Å². The number of unbranched alkanes of at least 4 members (excludes halogenated alkanes) is 20. The summed E-state index contributed by atoms with van der Waals surface area (Å²) in [4.78, 5) is 27.9. The molecule has 580 valence electrons. The normalized spacial score (nSPS) is 13.3. The number of rotatable bonds is 42. The maximum atomic E-state index is 14.0. The minimum atomic E-state index is -0.184. The summed E-state index contributed by atoms with van der Waals surface area (Å²) < 4.78 is 27.5. The van der Waals surface area contributed by atoms with Crippen LogP contribution in [0.25, 0.3) is 100 Å². The van der Waals surface area contributed by atoms with Crippen LogP contribution in [-0.4, -0.2) is 38.0 Å². The van der Waals surface area contributed by atoms with E-state index in [1.807, 2.05) is 48.5 Å². The van der Waals surface area contributed by atoms with Gasteiger partial charge in [-0.3, -0.25) is 9.59 Å². The Labute approximate surface area is 670 Å². The van der Waals surface area contributed by atoms with E-state index in [2.05, 4.69) is 185 Å². The predicted octanol–water partition coefficient (Wildman–Crippen LogP) is 29.4. The molecule has 0 fully saturated rings. The number of hydrogen-bond donors (Lipinski definition) is 0. The van der Waals surface area contributed by atoms with Gasteiger partial charge in [0.1, 0.15) is 23.0 Å². The van der Waals surface area contributed by atoms with Crippen LogP contribution in [0.2, 0.25) is 0 Å². The fourth-order valence-corrected chi connectivity index (χ4v) is 16.9. The third-order valence-corrected chi connectivity index (χ3v) is 23.5. The average Bonchev–Trinajstić information content (AvgIpc) is 0.777. The molecule has 0 heterocycles. The topological polar surface area (TPSA) is 71.1 Å². The number of fused-ring (bicyclic) bond motifs is 2. The Morgan fingerprint density at radius 2 is 0.464 bits per heavy atom. The Morgan fingerprint density at radius 3 is 0.750 bits per heavy atom. The largest absolute Gasteiger partial charge is 0.493 e. The fourth-order valence-electron chi connectivity index (χ4n) is 16.9. The Morgan fingerprint density at radius 1 is 0.232 bits per heavy atom. The van der Waals surface area contributed by atoms with Crippen LogP contribution in [-0.2, 0) is 35.3 Å². The lowest BCUT2D eigenvalue weighted by molar-refractivity contribution is -0.112. The predicted molar refractivity (Wildman–Crippen MR) is 471 cm³/mol. The zero-order valence-electron chi connectivity index (χ0n) is 67.7. The molecule has 13 rings (SSSR count). The molecule has 0 amide bonds. The Kier molecular flexibility index (Phi) is 29.9. The van der Waals surface area contributed by atoms with E-state index in [0.717, 1.165) is 152 Å². The summed E-state index contributed by atoms with van der Waals surface area (Å²) in [6.07, 6.45) is 41.5. The Hall–Kier alpha value is -9.78. The van der Waals surface area contributed by atoms with Gasteiger partial charge in [-0.15, -0.1) is 0 Å². The maximum absolute atomic E-state index is 14.0. The summed E-state index contributed by atoms with van der Waals surface area (Å²) in [6, 6.07) is 74.0. The average molecular weight is 1490 g/mol. The third-order valence-electron chi connectivity index (χ3n) is 23.5. The van der Waals surface area contributed by atoms with Crippen molar-refractivity contribution in [3.63, 3.8) is 0 Å². The number of ether oxygens (including phenoxy) is 4. The zero-order chi connectivity index (χ0) is 77.1. The molecule has 0 aliphatic heterocycles. The highest BCUT2D eigenvalue weighted by molar-refractivity contribution is 6.44. The van der Waals surface area contributed by atoms with Gasteiger partial charge in [-0.25, -0.2) is 0 Å². The van der Waals surface area contributed by atoms with Gasteiger partial charge in [-0.2, -0.15) is 0 Å². The van der Waals surface area contributed by atoms with Gasteiger partial charge in [0.05, 0.1) is 26.4 Å². The minimum Gasteiger partial charge on any atom is -0.493 e. The molecule has 3 aliphatic carbocycles. The van der Waals surface area contributed by atoms with Crippen molar-refractivity contribution in [1.82, 2.24) is 0 Å². The van der Waals surface area contributed by atoms with Gasteiger partial charge in [-0.1, -0.05) is 338 Å². The van der Waals surface area contributed by atoms with E-state index >= 15 is 0 Å². The third kappa shape index (κ3) is 21.1. The van der Waals surface area contributed by atoms with E-state index in [1.54, 1.807) is 0 Å². The lowest BCUT2D eigenvalue weighted by Gasteiger charge is -2.23. The van der Waals surface area contributed by atoms with Crippen LogP contribution < -0.4 is 18.9 Å². The summed E-state index contributed by atoms with van der Waals surface area (Å²) in [5, 5.41) is 0. The second-order valence-electron chi connectivity index (χ2n) is 31.8. The summed E-state index contributed by atoms with van der Waals surface area (Å²) in [5.74, 6) is 3.34. The van der Waals surface area contributed by atoms with Crippen molar-refractivity contribution < 1.29 is 28.5 Å². The van der Waals surface area contributed by atoms with E-state index in [4.69, 9.17) is 18.9 Å². The van der Waals surface area contributed by atoms with Gasteiger partial charge in [0.2, 0.25) is 0 Å². The molecule has 10 aromatic rings. The van der Waals surface area contributed by atoms with Crippen molar-refractivity contribution in [2.24, 2.45) is 0 Å². The van der Waals surface area contributed by atoms with Crippen molar-refractivity contribution in [2.45, 2.75) is 233 Å². The summed E-state index contributed by atoms with van der Waals surface area (Å²) in [7, 11) is 0. The molecule has 0 spiro atoms. The molecule has 112 heavy (non-hydrogen) atoms. The van der Waals surface area contributed by atoms with Gasteiger partial charge in [0.25, 0.3) is 0 Å². The molecule has 0 saturated heterocycles. The molecule has 0 aromatic heterocycles. The van der Waals surface area contributed by atoms with Crippen molar-refractivity contribution in [3.8, 4) is 112 Å². The van der Waals surface area contributed by atoms with Crippen LogP contribution in [0.15, 0.2) is 218 Å². The molecule has 0 atom stereocenters. The van der Waals surface area contributed by atoms with Crippen LogP contribution in [0.3, 0.4) is 0 Å². The molecule has 10 aromatic carbocycles. The highest BCUT2D eigenvalue weighted by atomic mass is 16.5. The zero-order valence-corrected chi connectivity index (χ0v) is 67.7. The molecule has 0 saturated carbocycles. The molecule has 6 nitrogen and oxygen atoms in total. The van der Waals surface area contributed by atoms with Crippen molar-refractivity contribution in [3.05, 3.63) is 252 Å². The first-order chi connectivity index (χ1) is 55.2. The van der Waals surface area contributed by atoms with E-state index in [0.29, 0.717) is 48.7 Å². The summed E-state index contributed by atoms with van der Waals surface area (Å²) in [5.41, 5.74) is 26.0. The smallest absolute Gasteiger partial charge is 0.187 e. The van der Waals surface area contributed by atoms with Gasteiger partial charge in [0.15, 0.2) is 11.6 Å². The fraction of sp³-hybridized carbons (Fsp3) is 0.377. The number of ketones is 2. The first-order valence-corrected chi connectivity index (χ1v) is 43.5. The first kappa shape index (κ1) is 80.3. The van der Waals surface area contributed by atoms with Crippen LogP contribution >= 0.6 is 0 Å². The molecule has 6 heteroatoms. The second-order valence-corrected chi connectivity index (χ2v) is 31.8. The summed E-state index contributed by atoms with van der Waals surface area (Å²) in [6.45, 7) is 11.8. The van der Waals surface area contributed by atoms with Crippen LogP contribution in [0.1, 0.15) is 241 Å². The monoisotopic (exact) mass is 1490 g/mol. The second kappa shape index (κ2) is 41.7. The molecule has 0 radical (unpaired) electrons. The lowest BCUT2D eigenvalue weighted by Crippen LogP contribution is -2.11. The number of carbonyl (C=O) groups excluding carboxylic acids is 2. The number of carbonyl (C=O) groups is 2. The molecule has 0 unspecified atom stereocenters. The van der Waals surface area contributed by atoms with Crippen LogP contribution in [0, 0.1) is 0 Å². The van der Waals surface area contributed by atoms with E-state index in [9.17, 15) is 9.59 Å². The van der Waals surface area contributed by atoms with E-state index < -0.39 is 0 Å². The molecular formula is C106H120O6. The van der Waals surface area contributed by atoms with Crippen molar-refractivity contribution >= 4 is 22.7 Å². The first-order valence-electron chi connectivity index (χ1n) is 43.5. The van der Waals surface area contributed by atoms with Crippen molar-refractivity contribution in [1.29, 1.82) is 0 Å². The van der Waals surface area contributed by atoms with Crippen LogP contribution in [0.4, 0.5) is 0 Å². The molecule has 0 bridgehead atoms. The Balaban J connectivity index is 0.658. The maximum Gasteiger partial charge on any atom is 0.187 e. The highest BCUT2D eigenvalue weighted by Gasteiger charge is 2.26. The van der Waals surface area contributed by atoms with Crippen LogP contribution in [0.5, 0.6) is 23.0 Å². The SMILES string of the molecule is CCCCCCCCOc1cc(-c2cccc3c2CCCC3)c(OCCCCCCCC)cc1-c1ccc(-c2ccc(-c3ccc(C4=CC(=O)C(c5ccc(-c6ccc(-c7ccc(-c8cc(OCCCCCCCC)c(-c9cccc%10c9CCCC%10)cc8OCCCCCCCC)cc7)cc6)cc5)=CC4=O)cc3)cc2)cc1. The molecular weight excluding hydrogens is 1370 g/mol. The quantitative estimate of drug-likeness (QED) is 0.0280. The lowest BCUT2D eigenvalue weighted by atomic mass is 9.85. The highest BCUT2D eigenvalue weighted by Crippen LogP contribution is 2.47. The number of aryl methyl sites for hydroxylation is 2. The number of allylic oxidation sites excluding steroid dienone is 4. The van der Waals surface area contributed by atoms with Gasteiger partial charge in [-0.05, 0) is 214 Å².